The lowest BCUT2D eigenvalue weighted by molar-refractivity contribution is 0.105. The highest BCUT2D eigenvalue weighted by Crippen LogP contribution is 2.36. The number of aryl methyl sites for hydroxylation is 3. The number of hydrogen-bond donors (Lipinski definition) is 1. The molecule has 1 aliphatic carbocycles. The second-order valence-corrected chi connectivity index (χ2v) is 6.26. The van der Waals surface area contributed by atoms with E-state index in [2.05, 4.69) is 32.9 Å². The van der Waals surface area contributed by atoms with Gasteiger partial charge in [-0.2, -0.15) is 0 Å². The summed E-state index contributed by atoms with van der Waals surface area (Å²) in [5, 5.41) is 0. The molecule has 0 saturated heterocycles. The van der Waals surface area contributed by atoms with E-state index in [1.807, 2.05) is 0 Å². The summed E-state index contributed by atoms with van der Waals surface area (Å²) in [6, 6.07) is 4.37. The Balaban J connectivity index is 2.07. The maximum Gasteiger partial charge on any atom is 0.122 e. The minimum atomic E-state index is 0.212. The molecule has 2 rings (SSSR count). The van der Waals surface area contributed by atoms with Crippen LogP contribution in [0.1, 0.15) is 48.8 Å². The average Bonchev–Trinajstić information content (AvgIpc) is 2.42. The summed E-state index contributed by atoms with van der Waals surface area (Å²) >= 11 is 0. The predicted octanol–water partition coefficient (Wildman–Crippen LogP) is 3.90. The van der Waals surface area contributed by atoms with Crippen LogP contribution in [-0.2, 0) is 0 Å². The minimum absolute atomic E-state index is 0.212. The first kappa shape index (κ1) is 14.4. The number of hydrogen-bond acceptors (Lipinski definition) is 2. The van der Waals surface area contributed by atoms with Gasteiger partial charge in [0.05, 0.1) is 6.61 Å². The maximum atomic E-state index is 6.13. The first-order chi connectivity index (χ1) is 9.06. The van der Waals surface area contributed by atoms with Crippen molar-refractivity contribution in [2.45, 2.75) is 52.9 Å². The largest absolute Gasteiger partial charge is 0.493 e. The molecule has 1 aromatic carbocycles. The Morgan fingerprint density at radius 2 is 1.63 bits per heavy atom. The molecule has 0 unspecified atom stereocenters. The SMILES string of the molecule is Cc1cc(C)c(OCC2(CN)CCCCC2)cc1C. The van der Waals surface area contributed by atoms with E-state index in [9.17, 15) is 0 Å². The lowest BCUT2D eigenvalue weighted by Crippen LogP contribution is -2.38. The van der Waals surface area contributed by atoms with Crippen molar-refractivity contribution in [3.05, 3.63) is 28.8 Å². The normalized spacial score (nSPS) is 18.3. The molecular weight excluding hydrogens is 234 g/mol. The van der Waals surface area contributed by atoms with E-state index < -0.39 is 0 Å². The smallest absolute Gasteiger partial charge is 0.122 e. The van der Waals surface area contributed by atoms with E-state index in [4.69, 9.17) is 10.5 Å². The molecule has 2 N–H and O–H groups in total. The third-order valence-electron chi connectivity index (χ3n) is 4.67. The molecule has 106 valence electrons. The summed E-state index contributed by atoms with van der Waals surface area (Å²) in [7, 11) is 0. The molecule has 2 nitrogen and oxygen atoms in total. The van der Waals surface area contributed by atoms with E-state index in [0.717, 1.165) is 18.9 Å². The average molecular weight is 261 g/mol. The first-order valence-electron chi connectivity index (χ1n) is 7.47. The summed E-state index contributed by atoms with van der Waals surface area (Å²) in [5.41, 5.74) is 10.1. The molecular formula is C17H27NO. The third kappa shape index (κ3) is 3.30. The van der Waals surface area contributed by atoms with Crippen LogP contribution in [0, 0.1) is 26.2 Å². The van der Waals surface area contributed by atoms with Crippen LogP contribution in [0.15, 0.2) is 12.1 Å². The fourth-order valence-corrected chi connectivity index (χ4v) is 3.03. The topological polar surface area (TPSA) is 35.2 Å². The van der Waals surface area contributed by atoms with Gasteiger partial charge in [0.15, 0.2) is 0 Å². The van der Waals surface area contributed by atoms with Gasteiger partial charge in [0.2, 0.25) is 0 Å². The van der Waals surface area contributed by atoms with E-state index >= 15 is 0 Å². The van der Waals surface area contributed by atoms with Crippen molar-refractivity contribution in [3.8, 4) is 5.75 Å². The van der Waals surface area contributed by atoms with Crippen LogP contribution < -0.4 is 10.5 Å². The highest BCUT2D eigenvalue weighted by atomic mass is 16.5. The Morgan fingerprint density at radius 1 is 1.00 bits per heavy atom. The molecule has 1 fully saturated rings. The Kier molecular flexibility index (Phi) is 4.51. The maximum absolute atomic E-state index is 6.13. The minimum Gasteiger partial charge on any atom is -0.493 e. The Bertz CT molecular complexity index is 433. The summed E-state index contributed by atoms with van der Waals surface area (Å²) in [6.07, 6.45) is 6.38. The molecule has 1 saturated carbocycles. The van der Waals surface area contributed by atoms with Crippen molar-refractivity contribution in [3.63, 3.8) is 0 Å². The van der Waals surface area contributed by atoms with Gasteiger partial charge in [-0.3, -0.25) is 0 Å². The highest BCUT2D eigenvalue weighted by molar-refractivity contribution is 5.40. The summed E-state index contributed by atoms with van der Waals surface area (Å²) in [5.74, 6) is 1.03. The van der Waals surface area contributed by atoms with Gasteiger partial charge in [-0.25, -0.2) is 0 Å². The van der Waals surface area contributed by atoms with Crippen molar-refractivity contribution in [2.24, 2.45) is 11.1 Å². The molecule has 0 aliphatic heterocycles. The molecule has 19 heavy (non-hydrogen) atoms. The monoisotopic (exact) mass is 261 g/mol. The van der Waals surface area contributed by atoms with Crippen LogP contribution in [0.2, 0.25) is 0 Å². The van der Waals surface area contributed by atoms with Crippen LogP contribution in [-0.4, -0.2) is 13.2 Å². The second kappa shape index (κ2) is 5.96. The zero-order valence-electron chi connectivity index (χ0n) is 12.6. The van der Waals surface area contributed by atoms with E-state index in [1.54, 1.807) is 0 Å². The first-order valence-corrected chi connectivity index (χ1v) is 7.47. The highest BCUT2D eigenvalue weighted by Gasteiger charge is 2.31. The van der Waals surface area contributed by atoms with E-state index in [1.165, 1.54) is 48.8 Å². The molecule has 0 aromatic heterocycles. The number of benzene rings is 1. The standard InChI is InChI=1S/C17H27NO/c1-13-9-15(3)16(10-14(13)2)19-12-17(11-18)7-5-4-6-8-17/h9-10H,4-8,11-12,18H2,1-3H3. The molecule has 0 radical (unpaired) electrons. The quantitative estimate of drug-likeness (QED) is 0.892. The lowest BCUT2D eigenvalue weighted by atomic mass is 9.75. The van der Waals surface area contributed by atoms with Crippen LogP contribution in [0.4, 0.5) is 0 Å². The molecule has 2 heteroatoms. The Labute approximate surface area is 117 Å². The summed E-state index contributed by atoms with van der Waals surface area (Å²) in [6.45, 7) is 7.93. The summed E-state index contributed by atoms with van der Waals surface area (Å²) in [4.78, 5) is 0. The van der Waals surface area contributed by atoms with Crippen molar-refractivity contribution in [1.29, 1.82) is 0 Å². The van der Waals surface area contributed by atoms with Gasteiger partial charge < -0.3 is 10.5 Å². The van der Waals surface area contributed by atoms with Crippen molar-refractivity contribution >= 4 is 0 Å². The number of ether oxygens (including phenoxy) is 1. The van der Waals surface area contributed by atoms with Gasteiger partial charge in [-0.05, 0) is 56.4 Å². The van der Waals surface area contributed by atoms with Crippen LogP contribution in [0.5, 0.6) is 5.75 Å². The zero-order chi connectivity index (χ0) is 13.9. The van der Waals surface area contributed by atoms with Crippen LogP contribution in [0.25, 0.3) is 0 Å². The molecule has 0 bridgehead atoms. The molecule has 0 heterocycles. The predicted molar refractivity (Wildman–Crippen MR) is 80.7 cm³/mol. The van der Waals surface area contributed by atoms with Crippen molar-refractivity contribution in [2.75, 3.05) is 13.2 Å². The Hall–Kier alpha value is -1.02. The van der Waals surface area contributed by atoms with Crippen LogP contribution >= 0.6 is 0 Å². The van der Waals surface area contributed by atoms with Gasteiger partial charge in [-0.1, -0.05) is 25.3 Å². The van der Waals surface area contributed by atoms with Crippen LogP contribution in [0.3, 0.4) is 0 Å². The summed E-state index contributed by atoms with van der Waals surface area (Å²) < 4.78 is 6.13. The van der Waals surface area contributed by atoms with E-state index in [0.29, 0.717) is 0 Å². The van der Waals surface area contributed by atoms with E-state index in [-0.39, 0.29) is 5.41 Å². The molecule has 0 spiro atoms. The second-order valence-electron chi connectivity index (χ2n) is 6.26. The zero-order valence-corrected chi connectivity index (χ0v) is 12.6. The van der Waals surface area contributed by atoms with Gasteiger partial charge in [0.1, 0.15) is 5.75 Å². The van der Waals surface area contributed by atoms with Gasteiger partial charge >= 0.3 is 0 Å². The Morgan fingerprint density at radius 3 is 2.26 bits per heavy atom. The molecule has 1 aromatic rings. The van der Waals surface area contributed by atoms with Crippen molar-refractivity contribution < 1.29 is 4.74 Å². The number of rotatable bonds is 4. The van der Waals surface area contributed by atoms with Gasteiger partial charge in [0.25, 0.3) is 0 Å². The van der Waals surface area contributed by atoms with Crippen molar-refractivity contribution in [1.82, 2.24) is 0 Å². The number of nitrogens with two attached hydrogens (primary N) is 1. The molecule has 1 aliphatic rings. The van der Waals surface area contributed by atoms with Gasteiger partial charge in [0, 0.05) is 12.0 Å². The molecule has 0 amide bonds. The van der Waals surface area contributed by atoms with Gasteiger partial charge in [-0.15, -0.1) is 0 Å². The third-order valence-corrected chi connectivity index (χ3v) is 4.67. The lowest BCUT2D eigenvalue weighted by Gasteiger charge is -2.36. The molecule has 0 atom stereocenters. The fraction of sp³-hybridized carbons (Fsp3) is 0.647. The fourth-order valence-electron chi connectivity index (χ4n) is 3.03.